The number of hydrogen-bond acceptors (Lipinski definition) is 3. The van der Waals surface area contributed by atoms with E-state index in [0.29, 0.717) is 33.1 Å². The third-order valence-corrected chi connectivity index (χ3v) is 4.25. The number of rotatable bonds is 5. The van der Waals surface area contributed by atoms with Gasteiger partial charge in [-0.25, -0.2) is 0 Å². The summed E-state index contributed by atoms with van der Waals surface area (Å²) in [6, 6.07) is 19.8. The molecule has 0 aliphatic carbocycles. The molecule has 0 aromatic heterocycles. The van der Waals surface area contributed by atoms with Gasteiger partial charge in [0.1, 0.15) is 0 Å². The monoisotopic (exact) mass is 392 g/mol. The lowest BCUT2D eigenvalue weighted by molar-refractivity contribution is 0.101. The summed E-state index contributed by atoms with van der Waals surface area (Å²) in [7, 11) is 0. The summed E-state index contributed by atoms with van der Waals surface area (Å²) in [5, 5.41) is 6.01. The predicted octanol–water partition coefficient (Wildman–Crippen LogP) is 5.05. The molecule has 2 amide bonds. The van der Waals surface area contributed by atoms with Gasteiger partial charge in [0.15, 0.2) is 5.78 Å². The number of nitrogens with one attached hydrogen (secondary N) is 2. The Bertz CT molecular complexity index is 1050. The number of hydrogen-bond donors (Lipinski definition) is 2. The molecule has 0 fully saturated rings. The van der Waals surface area contributed by atoms with Gasteiger partial charge in [-0.1, -0.05) is 23.7 Å². The minimum absolute atomic E-state index is 0.0451. The molecule has 0 bridgehead atoms. The highest BCUT2D eigenvalue weighted by molar-refractivity contribution is 6.31. The highest BCUT2D eigenvalue weighted by Crippen LogP contribution is 2.17. The van der Waals surface area contributed by atoms with Crippen LogP contribution in [0.1, 0.15) is 38.0 Å². The van der Waals surface area contributed by atoms with E-state index in [1.165, 1.54) is 13.0 Å². The number of carbonyl (C=O) groups excluding carboxylic acids is 3. The Morgan fingerprint density at radius 3 is 1.82 bits per heavy atom. The Hall–Kier alpha value is -3.44. The SMILES string of the molecule is CC(=O)c1ccc(NC(=O)c2cccc(C(=O)Nc3cccc(Cl)c3)c2)cc1. The van der Waals surface area contributed by atoms with Crippen molar-refractivity contribution in [3.63, 3.8) is 0 Å². The summed E-state index contributed by atoms with van der Waals surface area (Å²) in [6.07, 6.45) is 0. The van der Waals surface area contributed by atoms with Gasteiger partial charge in [-0.15, -0.1) is 0 Å². The maximum absolute atomic E-state index is 12.5. The molecule has 0 heterocycles. The molecule has 140 valence electrons. The largest absolute Gasteiger partial charge is 0.322 e. The van der Waals surface area contributed by atoms with Crippen molar-refractivity contribution in [2.45, 2.75) is 6.92 Å². The second kappa shape index (κ2) is 8.50. The Morgan fingerprint density at radius 1 is 0.679 bits per heavy atom. The quantitative estimate of drug-likeness (QED) is 0.597. The zero-order chi connectivity index (χ0) is 20.1. The fourth-order valence-electron chi connectivity index (χ4n) is 2.56. The van der Waals surface area contributed by atoms with Crippen molar-refractivity contribution in [1.29, 1.82) is 0 Å². The van der Waals surface area contributed by atoms with Crippen LogP contribution in [0.2, 0.25) is 5.02 Å². The molecule has 0 atom stereocenters. The number of anilines is 2. The molecule has 3 aromatic carbocycles. The highest BCUT2D eigenvalue weighted by Gasteiger charge is 2.11. The summed E-state index contributed by atoms with van der Waals surface area (Å²) < 4.78 is 0. The highest BCUT2D eigenvalue weighted by atomic mass is 35.5. The van der Waals surface area contributed by atoms with Crippen LogP contribution in [0.5, 0.6) is 0 Å². The van der Waals surface area contributed by atoms with Gasteiger partial charge in [0.25, 0.3) is 11.8 Å². The molecule has 0 aliphatic heterocycles. The molecule has 5 nitrogen and oxygen atoms in total. The number of amides is 2. The smallest absolute Gasteiger partial charge is 0.255 e. The second-order valence-electron chi connectivity index (χ2n) is 6.13. The molecule has 28 heavy (non-hydrogen) atoms. The van der Waals surface area contributed by atoms with Gasteiger partial charge in [0.05, 0.1) is 0 Å². The van der Waals surface area contributed by atoms with Crippen LogP contribution in [0.3, 0.4) is 0 Å². The molecule has 0 saturated carbocycles. The molecule has 3 rings (SSSR count). The zero-order valence-corrected chi connectivity index (χ0v) is 15.8. The van der Waals surface area contributed by atoms with Crippen molar-refractivity contribution in [3.8, 4) is 0 Å². The average Bonchev–Trinajstić information content (AvgIpc) is 2.68. The first-order chi connectivity index (χ1) is 13.4. The lowest BCUT2D eigenvalue weighted by Gasteiger charge is -2.09. The van der Waals surface area contributed by atoms with Crippen LogP contribution in [0.15, 0.2) is 72.8 Å². The summed E-state index contributed by atoms with van der Waals surface area (Å²) in [5.74, 6) is -0.744. The third kappa shape index (κ3) is 4.84. The van der Waals surface area contributed by atoms with Gasteiger partial charge < -0.3 is 10.6 Å². The van der Waals surface area contributed by atoms with Crippen molar-refractivity contribution in [1.82, 2.24) is 0 Å². The van der Waals surface area contributed by atoms with Crippen LogP contribution < -0.4 is 10.6 Å². The first kappa shape index (κ1) is 19.3. The van der Waals surface area contributed by atoms with Crippen molar-refractivity contribution in [3.05, 3.63) is 94.5 Å². The van der Waals surface area contributed by atoms with Gasteiger partial charge in [-0.3, -0.25) is 14.4 Å². The number of benzene rings is 3. The van der Waals surface area contributed by atoms with Crippen molar-refractivity contribution >= 4 is 40.6 Å². The van der Waals surface area contributed by atoms with Gasteiger partial charge in [-0.05, 0) is 67.6 Å². The Labute approximate surface area is 167 Å². The van der Waals surface area contributed by atoms with E-state index in [1.54, 1.807) is 66.7 Å². The van der Waals surface area contributed by atoms with E-state index in [9.17, 15) is 14.4 Å². The number of carbonyl (C=O) groups is 3. The number of halogens is 1. The first-order valence-electron chi connectivity index (χ1n) is 8.52. The van der Waals surface area contributed by atoms with E-state index in [4.69, 9.17) is 11.6 Å². The van der Waals surface area contributed by atoms with Crippen molar-refractivity contribution in [2.24, 2.45) is 0 Å². The van der Waals surface area contributed by atoms with E-state index >= 15 is 0 Å². The second-order valence-corrected chi connectivity index (χ2v) is 6.57. The lowest BCUT2D eigenvalue weighted by atomic mass is 10.1. The van der Waals surface area contributed by atoms with Gasteiger partial charge in [0, 0.05) is 33.1 Å². The maximum Gasteiger partial charge on any atom is 0.255 e. The van der Waals surface area contributed by atoms with Crippen LogP contribution in [-0.2, 0) is 0 Å². The molecule has 0 saturated heterocycles. The minimum atomic E-state index is -0.354. The molecule has 0 radical (unpaired) electrons. The molecular weight excluding hydrogens is 376 g/mol. The van der Waals surface area contributed by atoms with E-state index in [2.05, 4.69) is 10.6 Å². The van der Waals surface area contributed by atoms with Crippen LogP contribution in [0.25, 0.3) is 0 Å². The van der Waals surface area contributed by atoms with Crippen LogP contribution >= 0.6 is 11.6 Å². The average molecular weight is 393 g/mol. The molecule has 3 aromatic rings. The fourth-order valence-corrected chi connectivity index (χ4v) is 2.75. The number of Topliss-reactive ketones (excluding diaryl/α,β-unsaturated/α-hetero) is 1. The van der Waals surface area contributed by atoms with Gasteiger partial charge >= 0.3 is 0 Å². The Morgan fingerprint density at radius 2 is 1.25 bits per heavy atom. The first-order valence-corrected chi connectivity index (χ1v) is 8.89. The molecule has 0 spiro atoms. The van der Waals surface area contributed by atoms with Crippen LogP contribution in [0, 0.1) is 0 Å². The van der Waals surface area contributed by atoms with E-state index in [-0.39, 0.29) is 17.6 Å². The summed E-state index contributed by atoms with van der Waals surface area (Å²) >= 11 is 5.92. The molecule has 2 N–H and O–H groups in total. The summed E-state index contributed by atoms with van der Waals surface area (Å²) in [6.45, 7) is 1.48. The Kier molecular flexibility index (Phi) is 5.87. The topological polar surface area (TPSA) is 75.3 Å². The third-order valence-electron chi connectivity index (χ3n) is 4.02. The molecule has 0 unspecified atom stereocenters. The standard InChI is InChI=1S/C22H17ClN2O3/c1-14(26)15-8-10-19(11-9-15)24-21(27)16-4-2-5-17(12-16)22(28)25-20-7-3-6-18(23)13-20/h2-13H,1H3,(H,24,27)(H,25,28). The van der Waals surface area contributed by atoms with E-state index < -0.39 is 0 Å². The van der Waals surface area contributed by atoms with Crippen molar-refractivity contribution < 1.29 is 14.4 Å². The maximum atomic E-state index is 12.5. The zero-order valence-electron chi connectivity index (χ0n) is 15.0. The predicted molar refractivity (Wildman–Crippen MR) is 110 cm³/mol. The number of ketones is 1. The Balaban J connectivity index is 1.72. The van der Waals surface area contributed by atoms with Gasteiger partial charge in [-0.2, -0.15) is 0 Å². The van der Waals surface area contributed by atoms with Crippen LogP contribution in [-0.4, -0.2) is 17.6 Å². The lowest BCUT2D eigenvalue weighted by Crippen LogP contribution is -2.15. The van der Waals surface area contributed by atoms with Gasteiger partial charge in [0.2, 0.25) is 0 Å². The molecule has 0 aliphatic rings. The van der Waals surface area contributed by atoms with E-state index in [0.717, 1.165) is 0 Å². The normalized spacial score (nSPS) is 10.2. The fraction of sp³-hybridized carbons (Fsp3) is 0.0455. The minimum Gasteiger partial charge on any atom is -0.322 e. The van der Waals surface area contributed by atoms with Crippen LogP contribution in [0.4, 0.5) is 11.4 Å². The molecular formula is C22H17ClN2O3. The van der Waals surface area contributed by atoms with Crippen molar-refractivity contribution in [2.75, 3.05) is 10.6 Å². The summed E-state index contributed by atoms with van der Waals surface area (Å²) in [4.78, 5) is 36.2. The molecule has 6 heteroatoms. The summed E-state index contributed by atoms with van der Waals surface area (Å²) in [5.41, 5.74) is 2.38. The van der Waals surface area contributed by atoms with E-state index in [1.807, 2.05) is 0 Å².